The van der Waals surface area contributed by atoms with Gasteiger partial charge < -0.3 is 19.0 Å². The number of esters is 2. The minimum Gasteiger partial charge on any atom is -0.465 e. The standard InChI is InChI=1S/C25H31N3O5/c1-7-18-21(23(29)31-6)19(26-22(18)24(30)32-25(2,3)4)15-28(5)14-17-13-20(33-27-17)16-11-9-8-10-12-16/h8-13,26H,7,14-15H2,1-6H3. The third-order valence-corrected chi connectivity index (χ3v) is 5.00. The van der Waals surface area contributed by atoms with Crippen molar-refractivity contribution in [3.05, 3.63) is 64.6 Å². The van der Waals surface area contributed by atoms with Crippen LogP contribution < -0.4 is 0 Å². The van der Waals surface area contributed by atoms with Crippen molar-refractivity contribution in [2.45, 2.75) is 52.8 Å². The summed E-state index contributed by atoms with van der Waals surface area (Å²) in [5.41, 5.74) is 2.89. The van der Waals surface area contributed by atoms with E-state index >= 15 is 0 Å². The molecule has 0 aliphatic rings. The van der Waals surface area contributed by atoms with Crippen LogP contribution in [0.15, 0.2) is 40.9 Å². The van der Waals surface area contributed by atoms with E-state index in [2.05, 4.69) is 10.1 Å². The van der Waals surface area contributed by atoms with Gasteiger partial charge in [0.05, 0.1) is 18.4 Å². The Morgan fingerprint density at radius 3 is 2.42 bits per heavy atom. The van der Waals surface area contributed by atoms with E-state index in [4.69, 9.17) is 14.0 Å². The molecule has 2 aromatic heterocycles. The summed E-state index contributed by atoms with van der Waals surface area (Å²) in [6, 6.07) is 11.6. The molecule has 3 rings (SSSR count). The lowest BCUT2D eigenvalue weighted by Crippen LogP contribution is -2.24. The number of hydrogen-bond donors (Lipinski definition) is 1. The molecule has 176 valence electrons. The van der Waals surface area contributed by atoms with Gasteiger partial charge in [-0.15, -0.1) is 0 Å². The third kappa shape index (κ3) is 5.90. The second kappa shape index (κ2) is 10.0. The second-order valence-electron chi connectivity index (χ2n) is 8.90. The topological polar surface area (TPSA) is 97.7 Å². The van der Waals surface area contributed by atoms with Crippen molar-refractivity contribution in [3.8, 4) is 11.3 Å². The molecule has 0 unspecified atom stereocenters. The van der Waals surface area contributed by atoms with E-state index in [1.165, 1.54) is 7.11 Å². The number of benzene rings is 1. The van der Waals surface area contributed by atoms with Gasteiger partial charge in [0.25, 0.3) is 0 Å². The van der Waals surface area contributed by atoms with Crippen molar-refractivity contribution in [3.63, 3.8) is 0 Å². The lowest BCUT2D eigenvalue weighted by molar-refractivity contribution is 0.00620. The highest BCUT2D eigenvalue weighted by atomic mass is 16.6. The fourth-order valence-corrected chi connectivity index (χ4v) is 3.65. The smallest absolute Gasteiger partial charge is 0.355 e. The van der Waals surface area contributed by atoms with E-state index in [0.29, 0.717) is 42.1 Å². The quantitative estimate of drug-likeness (QED) is 0.498. The maximum absolute atomic E-state index is 12.8. The monoisotopic (exact) mass is 453 g/mol. The van der Waals surface area contributed by atoms with E-state index in [0.717, 1.165) is 11.3 Å². The zero-order valence-corrected chi connectivity index (χ0v) is 20.0. The Labute approximate surface area is 193 Å². The van der Waals surface area contributed by atoms with Crippen LogP contribution in [0.4, 0.5) is 0 Å². The van der Waals surface area contributed by atoms with Crippen molar-refractivity contribution in [1.82, 2.24) is 15.0 Å². The van der Waals surface area contributed by atoms with Crippen molar-refractivity contribution < 1.29 is 23.6 Å². The molecule has 8 nitrogen and oxygen atoms in total. The molecule has 0 spiro atoms. The van der Waals surface area contributed by atoms with Gasteiger partial charge in [0.1, 0.15) is 11.3 Å². The van der Waals surface area contributed by atoms with Crippen LogP contribution in [-0.4, -0.2) is 46.7 Å². The molecule has 0 bridgehead atoms. The highest BCUT2D eigenvalue weighted by Gasteiger charge is 2.29. The van der Waals surface area contributed by atoms with Crippen LogP contribution in [0.25, 0.3) is 11.3 Å². The van der Waals surface area contributed by atoms with E-state index in [1.807, 2.05) is 55.3 Å². The Hall–Kier alpha value is -3.39. The zero-order chi connectivity index (χ0) is 24.2. The molecule has 2 heterocycles. The van der Waals surface area contributed by atoms with E-state index < -0.39 is 17.5 Å². The summed E-state index contributed by atoms with van der Waals surface area (Å²) >= 11 is 0. The van der Waals surface area contributed by atoms with Crippen LogP contribution in [0.2, 0.25) is 0 Å². The minimum atomic E-state index is -0.654. The van der Waals surface area contributed by atoms with Gasteiger partial charge in [-0.25, -0.2) is 9.59 Å². The maximum atomic E-state index is 12.8. The largest absolute Gasteiger partial charge is 0.465 e. The number of H-pyrrole nitrogens is 1. The zero-order valence-electron chi connectivity index (χ0n) is 20.0. The van der Waals surface area contributed by atoms with Gasteiger partial charge in [0, 0.05) is 30.4 Å². The van der Waals surface area contributed by atoms with Crippen molar-refractivity contribution >= 4 is 11.9 Å². The Morgan fingerprint density at radius 1 is 1.12 bits per heavy atom. The van der Waals surface area contributed by atoms with Crippen LogP contribution in [0, 0.1) is 0 Å². The summed E-state index contributed by atoms with van der Waals surface area (Å²) in [7, 11) is 3.23. The number of ether oxygens (including phenoxy) is 2. The summed E-state index contributed by atoms with van der Waals surface area (Å²) in [5.74, 6) is -0.300. The Morgan fingerprint density at radius 2 is 1.82 bits per heavy atom. The number of hydrogen-bond acceptors (Lipinski definition) is 7. The number of nitrogens with zero attached hydrogens (tertiary/aromatic N) is 2. The first-order valence-electron chi connectivity index (χ1n) is 10.9. The first-order valence-corrected chi connectivity index (χ1v) is 10.9. The predicted octanol–water partition coefficient (Wildman–Crippen LogP) is 4.61. The highest BCUT2D eigenvalue weighted by Crippen LogP contribution is 2.26. The average molecular weight is 454 g/mol. The molecule has 33 heavy (non-hydrogen) atoms. The molecule has 8 heteroatoms. The lowest BCUT2D eigenvalue weighted by Gasteiger charge is -2.19. The Bertz CT molecular complexity index is 1110. The van der Waals surface area contributed by atoms with Crippen LogP contribution in [-0.2, 0) is 29.0 Å². The molecule has 3 aromatic rings. The van der Waals surface area contributed by atoms with Crippen molar-refractivity contribution in [1.29, 1.82) is 0 Å². The molecule has 0 atom stereocenters. The maximum Gasteiger partial charge on any atom is 0.355 e. The van der Waals surface area contributed by atoms with Crippen LogP contribution in [0.3, 0.4) is 0 Å². The molecule has 1 aromatic carbocycles. The number of nitrogens with one attached hydrogen (secondary N) is 1. The first kappa shape index (κ1) is 24.3. The molecular formula is C25H31N3O5. The fourth-order valence-electron chi connectivity index (χ4n) is 3.65. The number of aromatic nitrogens is 2. The first-order chi connectivity index (χ1) is 15.6. The molecule has 1 N–H and O–H groups in total. The van der Waals surface area contributed by atoms with Gasteiger partial charge in [-0.05, 0) is 39.8 Å². The Kier molecular flexibility index (Phi) is 7.38. The predicted molar refractivity (Wildman–Crippen MR) is 124 cm³/mol. The Balaban J connectivity index is 1.83. The molecule has 0 radical (unpaired) electrons. The van der Waals surface area contributed by atoms with Gasteiger partial charge in [-0.1, -0.05) is 42.4 Å². The van der Waals surface area contributed by atoms with Gasteiger partial charge in [-0.2, -0.15) is 0 Å². The van der Waals surface area contributed by atoms with E-state index in [-0.39, 0.29) is 5.69 Å². The summed E-state index contributed by atoms with van der Waals surface area (Å²) < 4.78 is 16.0. The van der Waals surface area contributed by atoms with Gasteiger partial charge >= 0.3 is 11.9 Å². The average Bonchev–Trinajstić information content (AvgIpc) is 3.37. The van der Waals surface area contributed by atoms with Crippen LogP contribution >= 0.6 is 0 Å². The molecule has 0 fully saturated rings. The van der Waals surface area contributed by atoms with Crippen molar-refractivity contribution in [2.24, 2.45) is 0 Å². The number of methoxy groups -OCH3 is 1. The van der Waals surface area contributed by atoms with Gasteiger partial charge in [0.15, 0.2) is 5.76 Å². The molecular weight excluding hydrogens is 422 g/mol. The van der Waals surface area contributed by atoms with E-state index in [1.54, 1.807) is 20.8 Å². The summed E-state index contributed by atoms with van der Waals surface area (Å²) in [4.78, 5) is 30.5. The SMILES string of the molecule is CCc1c(C(=O)OC(C)(C)C)[nH]c(CN(C)Cc2cc(-c3ccccc3)on2)c1C(=O)OC. The third-order valence-electron chi connectivity index (χ3n) is 5.00. The van der Waals surface area contributed by atoms with Crippen LogP contribution in [0.1, 0.15) is 65.5 Å². The number of carbonyl (C=O) groups is 2. The highest BCUT2D eigenvalue weighted by molar-refractivity contribution is 5.98. The lowest BCUT2D eigenvalue weighted by atomic mass is 10.1. The number of aromatic amines is 1. The molecule has 0 saturated carbocycles. The van der Waals surface area contributed by atoms with Crippen LogP contribution in [0.5, 0.6) is 0 Å². The summed E-state index contributed by atoms with van der Waals surface area (Å²) in [6.07, 6.45) is 0.475. The van der Waals surface area contributed by atoms with E-state index in [9.17, 15) is 9.59 Å². The molecule has 0 amide bonds. The number of carbonyl (C=O) groups excluding carboxylic acids is 2. The number of rotatable bonds is 8. The van der Waals surface area contributed by atoms with Gasteiger partial charge in [0.2, 0.25) is 0 Å². The summed E-state index contributed by atoms with van der Waals surface area (Å²) in [6.45, 7) is 8.15. The molecule has 0 aliphatic carbocycles. The van der Waals surface area contributed by atoms with Crippen molar-refractivity contribution in [2.75, 3.05) is 14.2 Å². The fraction of sp³-hybridized carbons (Fsp3) is 0.400. The minimum absolute atomic E-state index is 0.282. The molecule has 0 saturated heterocycles. The second-order valence-corrected chi connectivity index (χ2v) is 8.90. The summed E-state index contributed by atoms with van der Waals surface area (Å²) in [5, 5.41) is 4.16. The normalized spacial score (nSPS) is 11.6. The van der Waals surface area contributed by atoms with Gasteiger partial charge in [-0.3, -0.25) is 4.90 Å². The molecule has 0 aliphatic heterocycles.